The lowest BCUT2D eigenvalue weighted by Gasteiger charge is -2.25. The molecule has 1 aliphatic carbocycles. The molecule has 1 saturated heterocycles. The maximum absolute atomic E-state index is 12.0. The Morgan fingerprint density at radius 1 is 1.21 bits per heavy atom. The third kappa shape index (κ3) is 11.1. The van der Waals surface area contributed by atoms with Gasteiger partial charge in [-0.1, -0.05) is 6.42 Å². The molecular weight excluding hydrogens is 495 g/mol. The van der Waals surface area contributed by atoms with Gasteiger partial charge in [0.1, 0.15) is 0 Å². The van der Waals surface area contributed by atoms with E-state index < -0.39 is 10.0 Å². The molecule has 8 nitrogen and oxygen atoms in total. The van der Waals surface area contributed by atoms with Crippen LogP contribution in [0.1, 0.15) is 39.0 Å². The van der Waals surface area contributed by atoms with Crippen molar-refractivity contribution in [2.24, 2.45) is 16.8 Å². The van der Waals surface area contributed by atoms with Crippen molar-refractivity contribution in [1.29, 1.82) is 0 Å². The van der Waals surface area contributed by atoms with E-state index in [-0.39, 0.29) is 29.7 Å². The summed E-state index contributed by atoms with van der Waals surface area (Å²) in [5, 5.41) is 6.23. The lowest BCUT2D eigenvalue weighted by Crippen LogP contribution is -2.42. The predicted molar refractivity (Wildman–Crippen MR) is 123 cm³/mol. The van der Waals surface area contributed by atoms with Gasteiger partial charge in [-0.15, -0.1) is 24.0 Å². The molecule has 0 spiro atoms. The Morgan fingerprint density at radius 2 is 2.04 bits per heavy atom. The highest BCUT2D eigenvalue weighted by atomic mass is 127. The number of nitrogens with zero attached hydrogens (tertiary/aromatic N) is 1. The molecule has 2 fully saturated rings. The van der Waals surface area contributed by atoms with Crippen molar-refractivity contribution < 1.29 is 17.9 Å². The second-order valence-corrected chi connectivity index (χ2v) is 9.24. The number of guanidine groups is 1. The highest BCUT2D eigenvalue weighted by Crippen LogP contribution is 2.25. The fraction of sp³-hybridized carbons (Fsp3) is 0.944. The fourth-order valence-corrected chi connectivity index (χ4v) is 3.99. The van der Waals surface area contributed by atoms with Gasteiger partial charge in [0.2, 0.25) is 10.0 Å². The van der Waals surface area contributed by atoms with Crippen LogP contribution >= 0.6 is 24.0 Å². The van der Waals surface area contributed by atoms with Crippen molar-refractivity contribution in [2.45, 2.75) is 39.0 Å². The van der Waals surface area contributed by atoms with E-state index in [9.17, 15) is 8.42 Å². The molecule has 0 aromatic carbocycles. The summed E-state index contributed by atoms with van der Waals surface area (Å²) in [6, 6.07) is 0. The second-order valence-electron chi connectivity index (χ2n) is 7.31. The van der Waals surface area contributed by atoms with Gasteiger partial charge in [0.25, 0.3) is 0 Å². The van der Waals surface area contributed by atoms with Crippen molar-refractivity contribution in [1.82, 2.24) is 15.4 Å². The van der Waals surface area contributed by atoms with E-state index in [4.69, 9.17) is 9.47 Å². The molecular formula is C18H37IN4O4S. The summed E-state index contributed by atoms with van der Waals surface area (Å²) in [5.74, 6) is 1.76. The van der Waals surface area contributed by atoms with Gasteiger partial charge >= 0.3 is 0 Å². The summed E-state index contributed by atoms with van der Waals surface area (Å²) in [6.45, 7) is 7.37. The van der Waals surface area contributed by atoms with E-state index in [0.29, 0.717) is 44.0 Å². The number of rotatable bonds is 13. The van der Waals surface area contributed by atoms with Crippen molar-refractivity contribution >= 4 is 40.0 Å². The van der Waals surface area contributed by atoms with Crippen LogP contribution < -0.4 is 15.4 Å². The lowest BCUT2D eigenvalue weighted by molar-refractivity contribution is 0.0893. The molecule has 1 heterocycles. The molecule has 0 aromatic rings. The van der Waals surface area contributed by atoms with Crippen LogP contribution in [0.25, 0.3) is 0 Å². The van der Waals surface area contributed by atoms with Crippen molar-refractivity contribution in [3.63, 3.8) is 0 Å². The smallest absolute Gasteiger partial charge is 0.213 e. The summed E-state index contributed by atoms with van der Waals surface area (Å²) in [5.41, 5.74) is 0. The average Bonchev–Trinajstić information content (AvgIpc) is 3.09. The monoisotopic (exact) mass is 532 g/mol. The van der Waals surface area contributed by atoms with E-state index in [0.717, 1.165) is 52.0 Å². The highest BCUT2D eigenvalue weighted by Gasteiger charge is 2.20. The zero-order chi connectivity index (χ0) is 19.4. The number of hydrogen-bond donors (Lipinski definition) is 3. The Kier molecular flexibility index (Phi) is 13.6. The quantitative estimate of drug-likeness (QED) is 0.143. The van der Waals surface area contributed by atoms with Gasteiger partial charge < -0.3 is 20.1 Å². The first-order valence-electron chi connectivity index (χ1n) is 10.2. The second kappa shape index (κ2) is 14.8. The van der Waals surface area contributed by atoms with Gasteiger partial charge in [0.05, 0.1) is 19.0 Å². The third-order valence-corrected chi connectivity index (χ3v) is 6.27. The minimum Gasteiger partial charge on any atom is -0.381 e. The van der Waals surface area contributed by atoms with Gasteiger partial charge in [0.15, 0.2) is 5.96 Å². The van der Waals surface area contributed by atoms with Crippen molar-refractivity contribution in [2.75, 3.05) is 58.4 Å². The molecule has 166 valence electrons. The normalized spacial score (nSPS) is 20.5. The summed E-state index contributed by atoms with van der Waals surface area (Å²) < 4.78 is 37.7. The maximum atomic E-state index is 12.0. The summed E-state index contributed by atoms with van der Waals surface area (Å²) in [6.07, 6.45) is 5.42. The fourth-order valence-electron chi connectivity index (χ4n) is 2.98. The van der Waals surface area contributed by atoms with Gasteiger partial charge in [-0.05, 0) is 38.5 Å². The van der Waals surface area contributed by atoms with E-state index in [1.807, 2.05) is 6.92 Å². The van der Waals surface area contributed by atoms with Gasteiger partial charge in [0, 0.05) is 45.3 Å². The molecule has 0 amide bonds. The maximum Gasteiger partial charge on any atom is 0.213 e. The van der Waals surface area contributed by atoms with Crippen LogP contribution in [0.2, 0.25) is 0 Å². The zero-order valence-electron chi connectivity index (χ0n) is 17.0. The number of aliphatic imine (C=N–C) groups is 1. The Morgan fingerprint density at radius 3 is 2.68 bits per heavy atom. The van der Waals surface area contributed by atoms with Crippen LogP contribution in [-0.4, -0.2) is 72.7 Å². The molecule has 3 N–H and O–H groups in total. The van der Waals surface area contributed by atoms with Crippen LogP contribution in [0.15, 0.2) is 4.99 Å². The minimum atomic E-state index is -3.23. The zero-order valence-corrected chi connectivity index (χ0v) is 20.1. The Balaban J connectivity index is 0.00000392. The molecule has 1 atom stereocenters. The largest absolute Gasteiger partial charge is 0.381 e. The number of sulfonamides is 1. The number of ether oxygens (including phenoxy) is 2. The van der Waals surface area contributed by atoms with Crippen LogP contribution in [0.5, 0.6) is 0 Å². The van der Waals surface area contributed by atoms with E-state index in [1.165, 1.54) is 6.42 Å². The first kappa shape index (κ1) is 25.9. The topological polar surface area (TPSA) is 101 Å². The first-order chi connectivity index (χ1) is 13.1. The number of nitrogens with one attached hydrogen (secondary N) is 3. The van der Waals surface area contributed by atoms with Gasteiger partial charge in [-0.2, -0.15) is 0 Å². The van der Waals surface area contributed by atoms with E-state index in [1.54, 1.807) is 0 Å². The van der Waals surface area contributed by atoms with Crippen LogP contribution in [0.3, 0.4) is 0 Å². The van der Waals surface area contributed by atoms with Crippen molar-refractivity contribution in [3.05, 3.63) is 0 Å². The molecule has 28 heavy (non-hydrogen) atoms. The molecule has 10 heteroatoms. The predicted octanol–water partition coefficient (Wildman–Crippen LogP) is 1.32. The van der Waals surface area contributed by atoms with Gasteiger partial charge in [-0.25, -0.2) is 13.1 Å². The lowest BCUT2D eigenvalue weighted by atomic mass is 9.86. The van der Waals surface area contributed by atoms with Crippen LogP contribution in [0.4, 0.5) is 0 Å². The average molecular weight is 532 g/mol. The number of hydrogen-bond acceptors (Lipinski definition) is 5. The van der Waals surface area contributed by atoms with Crippen LogP contribution in [0, 0.1) is 11.8 Å². The molecule has 1 saturated carbocycles. The summed E-state index contributed by atoms with van der Waals surface area (Å²) >= 11 is 0. The Hall–Kier alpha value is -0.170. The van der Waals surface area contributed by atoms with Crippen LogP contribution in [-0.2, 0) is 19.5 Å². The Bertz CT molecular complexity index is 538. The molecule has 0 radical (unpaired) electrons. The Labute approximate surface area is 187 Å². The molecule has 1 unspecified atom stereocenters. The SMILES string of the molecule is CCNC(=NCCCOCC1CCOC1)NCCS(=O)(=O)NCC1CCC1.I. The standard InChI is InChI=1S/C18H36N4O4S.HI/c1-2-19-18(20-8-4-10-25-14-17-7-11-26-15-17)21-9-12-27(23,24)22-13-16-5-3-6-16;/h16-17,22H,2-15H2,1H3,(H2,19,20,21);1H. The first-order valence-corrected chi connectivity index (χ1v) is 11.9. The minimum absolute atomic E-state index is 0. The summed E-state index contributed by atoms with van der Waals surface area (Å²) in [7, 11) is -3.23. The molecule has 0 bridgehead atoms. The highest BCUT2D eigenvalue weighted by molar-refractivity contribution is 14.0. The molecule has 2 rings (SSSR count). The third-order valence-electron chi connectivity index (χ3n) is 4.92. The molecule has 2 aliphatic rings. The summed E-state index contributed by atoms with van der Waals surface area (Å²) in [4.78, 5) is 4.47. The van der Waals surface area contributed by atoms with Crippen molar-refractivity contribution in [3.8, 4) is 0 Å². The van der Waals surface area contributed by atoms with E-state index >= 15 is 0 Å². The molecule has 0 aromatic heterocycles. The number of halogens is 1. The molecule has 1 aliphatic heterocycles. The van der Waals surface area contributed by atoms with Gasteiger partial charge in [-0.3, -0.25) is 4.99 Å². The van der Waals surface area contributed by atoms with E-state index in [2.05, 4.69) is 20.3 Å².